The molecule has 0 radical (unpaired) electrons. The molecule has 1 amide bonds. The van der Waals surface area contributed by atoms with Crippen LogP contribution in [0.4, 0.5) is 5.69 Å². The molecule has 6 nitrogen and oxygen atoms in total. The van der Waals surface area contributed by atoms with Crippen LogP contribution in [0.5, 0.6) is 5.75 Å². The van der Waals surface area contributed by atoms with Crippen LogP contribution in [0.1, 0.15) is 72.1 Å². The maximum absolute atomic E-state index is 12.6. The molecule has 0 atom stereocenters. The summed E-state index contributed by atoms with van der Waals surface area (Å²) in [5, 5.41) is 2.99. The van der Waals surface area contributed by atoms with Crippen molar-refractivity contribution in [1.29, 1.82) is 0 Å². The lowest BCUT2D eigenvalue weighted by atomic mass is 9.86. The summed E-state index contributed by atoms with van der Waals surface area (Å²) in [4.78, 5) is 12.6. The van der Waals surface area contributed by atoms with Crippen LogP contribution in [-0.4, -0.2) is 31.2 Å². The Morgan fingerprint density at radius 2 is 1.55 bits per heavy atom. The molecule has 2 aliphatic carbocycles. The molecule has 2 aliphatic rings. The van der Waals surface area contributed by atoms with Gasteiger partial charge in [0.2, 0.25) is 15.9 Å². The van der Waals surface area contributed by atoms with E-state index in [1.54, 1.807) is 20.8 Å². The molecule has 0 bridgehead atoms. The third-order valence-corrected chi connectivity index (χ3v) is 8.21. The molecule has 3 rings (SSSR count). The number of ether oxygens (including phenoxy) is 1. The van der Waals surface area contributed by atoms with E-state index in [2.05, 4.69) is 10.0 Å². The third-order valence-electron chi connectivity index (χ3n) is 5.95. The Morgan fingerprint density at radius 3 is 2.10 bits per heavy atom. The minimum atomic E-state index is -3.36. The van der Waals surface area contributed by atoms with Crippen molar-refractivity contribution in [3.8, 4) is 5.75 Å². The molecule has 0 spiro atoms. The summed E-state index contributed by atoms with van der Waals surface area (Å²) in [6, 6.07) is 7.49. The summed E-state index contributed by atoms with van der Waals surface area (Å²) in [6.45, 7) is 5.08. The Morgan fingerprint density at radius 1 is 0.966 bits per heavy atom. The van der Waals surface area contributed by atoms with Crippen molar-refractivity contribution in [2.75, 3.05) is 5.32 Å². The second kappa shape index (κ2) is 9.04. The van der Waals surface area contributed by atoms with Crippen LogP contribution in [0.3, 0.4) is 0 Å². The highest BCUT2D eigenvalue weighted by Crippen LogP contribution is 2.28. The molecule has 0 unspecified atom stereocenters. The van der Waals surface area contributed by atoms with E-state index in [1.165, 1.54) is 12.8 Å². The van der Waals surface area contributed by atoms with Crippen molar-refractivity contribution in [3.05, 3.63) is 24.3 Å². The maximum atomic E-state index is 12.6. The van der Waals surface area contributed by atoms with Gasteiger partial charge in [0.15, 0.2) is 0 Å². The van der Waals surface area contributed by atoms with E-state index < -0.39 is 14.8 Å². The summed E-state index contributed by atoms with van der Waals surface area (Å²) >= 11 is 0. The quantitative estimate of drug-likeness (QED) is 0.719. The fourth-order valence-corrected chi connectivity index (χ4v) is 4.96. The third kappa shape index (κ3) is 5.95. The number of benzene rings is 1. The SMILES string of the molecule is CC(C)(C)S(=O)(=O)N[C@H]1CC[C@H](C(=O)Nc2ccc(OC3CCCC3)cc2)CC1. The van der Waals surface area contributed by atoms with Gasteiger partial charge >= 0.3 is 0 Å². The van der Waals surface area contributed by atoms with E-state index in [4.69, 9.17) is 4.74 Å². The average Bonchev–Trinajstić information content (AvgIpc) is 3.16. The van der Waals surface area contributed by atoms with Crippen LogP contribution in [0.2, 0.25) is 0 Å². The van der Waals surface area contributed by atoms with Crippen LogP contribution in [0.25, 0.3) is 0 Å². The number of amides is 1. The molecule has 29 heavy (non-hydrogen) atoms. The second-order valence-corrected chi connectivity index (χ2v) is 11.8. The van der Waals surface area contributed by atoms with Gasteiger partial charge in [-0.3, -0.25) is 4.79 Å². The van der Waals surface area contributed by atoms with Crippen molar-refractivity contribution in [3.63, 3.8) is 0 Å². The number of sulfonamides is 1. The fourth-order valence-electron chi connectivity index (χ4n) is 3.93. The van der Waals surface area contributed by atoms with Gasteiger partial charge in [-0.25, -0.2) is 13.1 Å². The van der Waals surface area contributed by atoms with Crippen molar-refractivity contribution >= 4 is 21.6 Å². The summed E-state index contributed by atoms with van der Waals surface area (Å²) in [5.74, 6) is 0.771. The number of hydrogen-bond donors (Lipinski definition) is 2. The van der Waals surface area contributed by atoms with Gasteiger partial charge in [0, 0.05) is 17.6 Å². The van der Waals surface area contributed by atoms with E-state index in [0.717, 1.165) is 24.3 Å². The molecule has 0 heterocycles. The predicted molar refractivity (Wildman–Crippen MR) is 116 cm³/mol. The summed E-state index contributed by atoms with van der Waals surface area (Å²) in [6.07, 6.45) is 7.76. The number of carbonyl (C=O) groups is 1. The first-order chi connectivity index (χ1) is 13.6. The van der Waals surface area contributed by atoms with Crippen molar-refractivity contribution in [2.24, 2.45) is 5.92 Å². The Balaban J connectivity index is 1.46. The number of nitrogens with one attached hydrogen (secondary N) is 2. The molecule has 0 aliphatic heterocycles. The molecule has 7 heteroatoms. The number of carbonyl (C=O) groups excluding carboxylic acids is 1. The Kier molecular flexibility index (Phi) is 6.89. The van der Waals surface area contributed by atoms with E-state index in [9.17, 15) is 13.2 Å². The monoisotopic (exact) mass is 422 g/mol. The van der Waals surface area contributed by atoms with Gasteiger partial charge < -0.3 is 10.1 Å². The first-order valence-electron chi connectivity index (χ1n) is 10.7. The van der Waals surface area contributed by atoms with Crippen LogP contribution in [0, 0.1) is 5.92 Å². The zero-order valence-corrected chi connectivity index (χ0v) is 18.6. The molecule has 162 valence electrons. The highest BCUT2D eigenvalue weighted by Gasteiger charge is 2.34. The Hall–Kier alpha value is -1.60. The first-order valence-corrected chi connectivity index (χ1v) is 12.2. The van der Waals surface area contributed by atoms with Crippen LogP contribution in [-0.2, 0) is 14.8 Å². The van der Waals surface area contributed by atoms with Gasteiger partial charge in [0.25, 0.3) is 0 Å². The Labute approximate surface area is 174 Å². The van der Waals surface area contributed by atoms with E-state index in [1.807, 2.05) is 24.3 Å². The number of rotatable bonds is 6. The topological polar surface area (TPSA) is 84.5 Å². The standard InChI is InChI=1S/C22H34N2O4S/c1-22(2,3)29(26,27)24-18-10-8-16(9-11-18)21(25)23-17-12-14-20(15-13-17)28-19-6-4-5-7-19/h12-16,18-19,24H,4-11H2,1-3H3,(H,23,25)/t16-,18-. The van der Waals surface area contributed by atoms with Crippen LogP contribution < -0.4 is 14.8 Å². The molecular weight excluding hydrogens is 388 g/mol. The number of anilines is 1. The van der Waals surface area contributed by atoms with Gasteiger partial charge in [-0.15, -0.1) is 0 Å². The molecule has 0 aromatic heterocycles. The molecule has 2 N–H and O–H groups in total. The zero-order chi connectivity index (χ0) is 21.1. The lowest BCUT2D eigenvalue weighted by Gasteiger charge is -2.30. The van der Waals surface area contributed by atoms with Crippen molar-refractivity contribution in [2.45, 2.75) is 89.0 Å². The van der Waals surface area contributed by atoms with E-state index in [-0.39, 0.29) is 17.9 Å². The van der Waals surface area contributed by atoms with E-state index >= 15 is 0 Å². The lowest BCUT2D eigenvalue weighted by molar-refractivity contribution is -0.120. The van der Waals surface area contributed by atoms with Gasteiger partial charge in [-0.05, 0) is 96.4 Å². The van der Waals surface area contributed by atoms with E-state index in [0.29, 0.717) is 31.8 Å². The van der Waals surface area contributed by atoms with Crippen LogP contribution >= 0.6 is 0 Å². The minimum absolute atomic E-state index is 0.00610. The van der Waals surface area contributed by atoms with Crippen molar-refractivity contribution in [1.82, 2.24) is 4.72 Å². The molecule has 1 aromatic rings. The Bertz CT molecular complexity index is 785. The highest BCUT2D eigenvalue weighted by molar-refractivity contribution is 7.90. The summed E-state index contributed by atoms with van der Waals surface area (Å²) in [5.41, 5.74) is 0.768. The smallest absolute Gasteiger partial charge is 0.227 e. The number of hydrogen-bond acceptors (Lipinski definition) is 4. The normalized spacial score (nSPS) is 23.7. The summed E-state index contributed by atoms with van der Waals surface area (Å²) in [7, 11) is -3.36. The first kappa shape index (κ1) is 22.1. The van der Waals surface area contributed by atoms with Crippen molar-refractivity contribution < 1.29 is 17.9 Å². The molecule has 0 saturated heterocycles. The van der Waals surface area contributed by atoms with Gasteiger partial charge in [0.05, 0.1) is 10.9 Å². The predicted octanol–water partition coefficient (Wildman–Crippen LogP) is 4.22. The maximum Gasteiger partial charge on any atom is 0.227 e. The highest BCUT2D eigenvalue weighted by atomic mass is 32.2. The van der Waals surface area contributed by atoms with Gasteiger partial charge in [-0.2, -0.15) is 0 Å². The minimum Gasteiger partial charge on any atom is -0.490 e. The van der Waals surface area contributed by atoms with Gasteiger partial charge in [-0.1, -0.05) is 0 Å². The van der Waals surface area contributed by atoms with Gasteiger partial charge in [0.1, 0.15) is 5.75 Å². The lowest BCUT2D eigenvalue weighted by Crippen LogP contribution is -2.46. The molecule has 2 fully saturated rings. The molecular formula is C22H34N2O4S. The zero-order valence-electron chi connectivity index (χ0n) is 17.7. The van der Waals surface area contributed by atoms with Crippen LogP contribution in [0.15, 0.2) is 24.3 Å². The summed E-state index contributed by atoms with van der Waals surface area (Å²) < 4.78 is 32.6. The molecule has 2 saturated carbocycles. The molecule has 1 aromatic carbocycles. The fraction of sp³-hybridized carbons (Fsp3) is 0.682. The second-order valence-electron chi connectivity index (χ2n) is 9.32. The largest absolute Gasteiger partial charge is 0.490 e. The average molecular weight is 423 g/mol.